The molecule has 1 amide bonds. The number of nitrogens with zero attached hydrogens (tertiary/aromatic N) is 2. The summed E-state index contributed by atoms with van der Waals surface area (Å²) in [5.74, 6) is 1.00. The number of nitrogens with one attached hydrogen (secondary N) is 1. The fraction of sp³-hybridized carbons (Fsp3) is 0.250. The average molecular weight is 367 g/mol. The molecule has 134 valence electrons. The Morgan fingerprint density at radius 2 is 2.15 bits per heavy atom. The molecule has 26 heavy (non-hydrogen) atoms. The van der Waals surface area contributed by atoms with Crippen molar-refractivity contribution in [3.05, 3.63) is 65.4 Å². The quantitative estimate of drug-likeness (QED) is 0.681. The maximum Gasteiger partial charge on any atom is 0.251 e. The van der Waals surface area contributed by atoms with Gasteiger partial charge in [-0.1, -0.05) is 19.9 Å². The summed E-state index contributed by atoms with van der Waals surface area (Å²) in [7, 11) is 0. The van der Waals surface area contributed by atoms with Crippen molar-refractivity contribution in [2.75, 3.05) is 6.61 Å². The summed E-state index contributed by atoms with van der Waals surface area (Å²) in [5.41, 5.74) is 2.38. The molecular weight excluding hydrogens is 346 g/mol. The van der Waals surface area contributed by atoms with Crippen LogP contribution in [-0.4, -0.2) is 22.5 Å². The summed E-state index contributed by atoms with van der Waals surface area (Å²) in [5, 5.41) is 5.75. The average Bonchev–Trinajstić information content (AvgIpc) is 3.14. The molecule has 5 nitrogen and oxygen atoms in total. The third-order valence-corrected chi connectivity index (χ3v) is 4.51. The van der Waals surface area contributed by atoms with Gasteiger partial charge in [-0.15, -0.1) is 11.3 Å². The van der Waals surface area contributed by atoms with Crippen molar-refractivity contribution in [2.45, 2.75) is 20.4 Å². The molecule has 0 fully saturated rings. The minimum absolute atomic E-state index is 0.143. The smallest absolute Gasteiger partial charge is 0.251 e. The zero-order chi connectivity index (χ0) is 18.4. The van der Waals surface area contributed by atoms with Gasteiger partial charge in [-0.05, 0) is 36.2 Å². The van der Waals surface area contributed by atoms with E-state index in [1.165, 1.54) is 11.3 Å². The van der Waals surface area contributed by atoms with Gasteiger partial charge in [-0.3, -0.25) is 9.78 Å². The Hall–Kier alpha value is -2.73. The number of carbonyl (C=O) groups is 1. The zero-order valence-corrected chi connectivity index (χ0v) is 15.6. The van der Waals surface area contributed by atoms with Crippen LogP contribution in [0.4, 0.5) is 0 Å². The number of ether oxygens (including phenoxy) is 1. The molecule has 0 radical (unpaired) electrons. The van der Waals surface area contributed by atoms with E-state index >= 15 is 0 Å². The van der Waals surface area contributed by atoms with E-state index in [-0.39, 0.29) is 5.91 Å². The molecule has 0 saturated carbocycles. The zero-order valence-electron chi connectivity index (χ0n) is 14.8. The Morgan fingerprint density at radius 3 is 2.92 bits per heavy atom. The lowest BCUT2D eigenvalue weighted by atomic mass is 10.2. The normalized spacial score (nSPS) is 10.7. The Balaban J connectivity index is 1.59. The first-order chi connectivity index (χ1) is 12.6. The van der Waals surface area contributed by atoms with E-state index in [1.807, 2.05) is 29.6 Å². The molecule has 1 aromatic carbocycles. The van der Waals surface area contributed by atoms with Crippen molar-refractivity contribution in [3.63, 3.8) is 0 Å². The van der Waals surface area contributed by atoms with Gasteiger partial charge in [-0.2, -0.15) is 0 Å². The molecule has 1 N–H and O–H groups in total. The molecule has 0 atom stereocenters. The van der Waals surface area contributed by atoms with Crippen LogP contribution in [0.25, 0.3) is 10.6 Å². The molecule has 0 unspecified atom stereocenters. The van der Waals surface area contributed by atoms with E-state index in [2.05, 4.69) is 29.1 Å². The van der Waals surface area contributed by atoms with E-state index in [9.17, 15) is 4.79 Å². The van der Waals surface area contributed by atoms with Crippen molar-refractivity contribution in [1.29, 1.82) is 0 Å². The number of benzene rings is 1. The van der Waals surface area contributed by atoms with Crippen LogP contribution in [0.1, 0.15) is 29.9 Å². The predicted octanol–water partition coefficient (Wildman–Crippen LogP) is 4.17. The molecule has 2 aromatic heterocycles. The topological polar surface area (TPSA) is 64.1 Å². The first-order valence-corrected chi connectivity index (χ1v) is 9.35. The summed E-state index contributed by atoms with van der Waals surface area (Å²) < 4.78 is 5.68. The molecule has 3 rings (SSSR count). The van der Waals surface area contributed by atoms with E-state index < -0.39 is 0 Å². The second-order valence-electron chi connectivity index (χ2n) is 6.30. The number of aromatic nitrogens is 2. The van der Waals surface area contributed by atoms with Crippen molar-refractivity contribution >= 4 is 17.2 Å². The number of pyridine rings is 1. The fourth-order valence-corrected chi connectivity index (χ4v) is 3.08. The number of amides is 1. The molecule has 3 aromatic rings. The van der Waals surface area contributed by atoms with Gasteiger partial charge in [0.05, 0.1) is 18.8 Å². The standard InChI is InChI=1S/C20H21N3O2S/c1-14(2)12-25-18-7-3-5-15(9-18)19(24)22-11-17-13-26-20(23-17)16-6-4-8-21-10-16/h3-10,13-14H,11-12H2,1-2H3,(H,22,24). The Morgan fingerprint density at radius 1 is 1.27 bits per heavy atom. The van der Waals surface area contributed by atoms with Crippen molar-refractivity contribution < 1.29 is 9.53 Å². The van der Waals surface area contributed by atoms with Crippen molar-refractivity contribution in [2.24, 2.45) is 5.92 Å². The number of hydrogen-bond donors (Lipinski definition) is 1. The second-order valence-corrected chi connectivity index (χ2v) is 7.16. The maximum atomic E-state index is 12.4. The highest BCUT2D eigenvalue weighted by molar-refractivity contribution is 7.13. The highest BCUT2D eigenvalue weighted by Crippen LogP contribution is 2.22. The Kier molecular flexibility index (Phi) is 5.96. The van der Waals surface area contributed by atoms with E-state index in [0.717, 1.165) is 16.3 Å². The van der Waals surface area contributed by atoms with Crippen LogP contribution in [0.2, 0.25) is 0 Å². The van der Waals surface area contributed by atoms with E-state index in [4.69, 9.17) is 4.74 Å². The molecule has 0 aliphatic heterocycles. The Labute approximate surface area is 157 Å². The van der Waals surface area contributed by atoms with Gasteiger partial charge >= 0.3 is 0 Å². The lowest BCUT2D eigenvalue weighted by Crippen LogP contribution is -2.23. The molecule has 0 aliphatic rings. The van der Waals surface area contributed by atoms with Gasteiger partial charge in [0.15, 0.2) is 0 Å². The number of rotatable bonds is 7. The molecule has 0 bridgehead atoms. The molecular formula is C20H21N3O2S. The fourth-order valence-electron chi connectivity index (χ4n) is 2.27. The predicted molar refractivity (Wildman–Crippen MR) is 103 cm³/mol. The van der Waals surface area contributed by atoms with E-state index in [0.29, 0.717) is 30.4 Å². The Bertz CT molecular complexity index is 862. The molecule has 0 saturated heterocycles. The molecule has 2 heterocycles. The second kappa shape index (κ2) is 8.58. The van der Waals surface area contributed by atoms with Crippen LogP contribution >= 0.6 is 11.3 Å². The van der Waals surface area contributed by atoms with Crippen molar-refractivity contribution in [3.8, 4) is 16.3 Å². The highest BCUT2D eigenvalue weighted by atomic mass is 32.1. The van der Waals surface area contributed by atoms with Crippen LogP contribution < -0.4 is 10.1 Å². The van der Waals surface area contributed by atoms with Crippen LogP contribution in [-0.2, 0) is 6.54 Å². The highest BCUT2D eigenvalue weighted by Gasteiger charge is 2.09. The van der Waals surface area contributed by atoms with Crippen LogP contribution in [0.15, 0.2) is 54.2 Å². The first-order valence-electron chi connectivity index (χ1n) is 8.47. The third-order valence-electron chi connectivity index (χ3n) is 3.57. The lowest BCUT2D eigenvalue weighted by molar-refractivity contribution is 0.0950. The van der Waals surface area contributed by atoms with Crippen LogP contribution in [0.3, 0.4) is 0 Å². The van der Waals surface area contributed by atoms with Gasteiger partial charge in [0.25, 0.3) is 5.91 Å². The largest absolute Gasteiger partial charge is 0.493 e. The molecule has 6 heteroatoms. The maximum absolute atomic E-state index is 12.4. The first kappa shape index (κ1) is 18.1. The summed E-state index contributed by atoms with van der Waals surface area (Å²) in [6.45, 7) is 5.18. The number of thiazole rings is 1. The minimum atomic E-state index is -0.143. The number of carbonyl (C=O) groups excluding carboxylic acids is 1. The van der Waals surface area contributed by atoms with E-state index in [1.54, 1.807) is 24.5 Å². The summed E-state index contributed by atoms with van der Waals surface area (Å²) >= 11 is 1.54. The van der Waals surface area contributed by atoms with Gasteiger partial charge in [0.2, 0.25) is 0 Å². The van der Waals surface area contributed by atoms with Gasteiger partial charge < -0.3 is 10.1 Å². The molecule has 0 spiro atoms. The lowest BCUT2D eigenvalue weighted by Gasteiger charge is -2.10. The summed E-state index contributed by atoms with van der Waals surface area (Å²) in [6.07, 6.45) is 3.51. The van der Waals surface area contributed by atoms with Gasteiger partial charge in [-0.25, -0.2) is 4.98 Å². The SMILES string of the molecule is CC(C)COc1cccc(C(=O)NCc2csc(-c3cccnc3)n2)c1. The number of hydrogen-bond acceptors (Lipinski definition) is 5. The van der Waals surface area contributed by atoms with Gasteiger partial charge in [0.1, 0.15) is 10.8 Å². The van der Waals surface area contributed by atoms with Crippen LogP contribution in [0, 0.1) is 5.92 Å². The minimum Gasteiger partial charge on any atom is -0.493 e. The van der Waals surface area contributed by atoms with Crippen LogP contribution in [0.5, 0.6) is 5.75 Å². The van der Waals surface area contributed by atoms with Crippen molar-refractivity contribution in [1.82, 2.24) is 15.3 Å². The summed E-state index contributed by atoms with van der Waals surface area (Å²) in [4.78, 5) is 21.0. The monoisotopic (exact) mass is 367 g/mol. The molecule has 0 aliphatic carbocycles. The summed E-state index contributed by atoms with van der Waals surface area (Å²) in [6, 6.07) is 11.1. The third kappa shape index (κ3) is 4.89. The van der Waals surface area contributed by atoms with Gasteiger partial charge in [0, 0.05) is 28.9 Å².